The molecule has 0 aromatic carbocycles. The van der Waals surface area contributed by atoms with Crippen molar-refractivity contribution in [1.82, 2.24) is 0 Å². The van der Waals surface area contributed by atoms with Gasteiger partial charge in [0, 0.05) is 6.42 Å². The Kier molecular flexibility index (Phi) is 2.64. The van der Waals surface area contributed by atoms with Crippen LogP contribution in [0.3, 0.4) is 0 Å². The summed E-state index contributed by atoms with van der Waals surface area (Å²) in [6.07, 6.45) is 2.58. The summed E-state index contributed by atoms with van der Waals surface area (Å²) in [7, 11) is 0. The van der Waals surface area contributed by atoms with Crippen molar-refractivity contribution in [2.24, 2.45) is 16.7 Å². The first-order chi connectivity index (χ1) is 6.12. The average Bonchev–Trinajstić information content (AvgIpc) is 2.27. The molecule has 0 N–H and O–H groups in total. The summed E-state index contributed by atoms with van der Waals surface area (Å²) in [5.74, 6) is 0.727. The van der Waals surface area contributed by atoms with Crippen LogP contribution in [0.25, 0.3) is 0 Å². The smallest absolute Gasteiger partial charge is 0.156 e. The minimum absolute atomic E-state index is 0.129. The monoisotopic (exact) mass is 194 g/mol. The quantitative estimate of drug-likeness (QED) is 0.576. The van der Waals surface area contributed by atoms with E-state index in [1.54, 1.807) is 0 Å². The van der Waals surface area contributed by atoms with Crippen molar-refractivity contribution in [3.8, 4) is 0 Å². The van der Waals surface area contributed by atoms with Crippen molar-refractivity contribution < 1.29 is 4.79 Å². The molecule has 80 valence electrons. The molecule has 0 fully saturated rings. The van der Waals surface area contributed by atoms with Crippen molar-refractivity contribution in [2.75, 3.05) is 0 Å². The topological polar surface area (TPSA) is 17.1 Å². The van der Waals surface area contributed by atoms with Crippen molar-refractivity contribution in [1.29, 1.82) is 0 Å². The van der Waals surface area contributed by atoms with E-state index in [2.05, 4.69) is 41.5 Å². The summed E-state index contributed by atoms with van der Waals surface area (Å²) in [6.45, 7) is 13.2. The molecule has 0 aromatic heterocycles. The molecule has 0 saturated carbocycles. The van der Waals surface area contributed by atoms with Crippen LogP contribution in [0, 0.1) is 16.7 Å². The van der Waals surface area contributed by atoms with Gasteiger partial charge in [-0.2, -0.15) is 0 Å². The summed E-state index contributed by atoms with van der Waals surface area (Å²) in [5.41, 5.74) is 1.66. The molecular weight excluding hydrogens is 172 g/mol. The number of hydrogen-bond acceptors (Lipinski definition) is 1. The van der Waals surface area contributed by atoms with E-state index in [4.69, 9.17) is 0 Å². The van der Waals surface area contributed by atoms with E-state index in [0.717, 1.165) is 0 Å². The van der Waals surface area contributed by atoms with Crippen LogP contribution in [-0.4, -0.2) is 5.78 Å². The molecule has 0 heterocycles. The second kappa shape index (κ2) is 3.22. The SMILES string of the molecule is CC(C)(C)C1=CC(=O)CC1C(C)(C)C. The fraction of sp³-hybridized carbons (Fsp3) is 0.769. The Hall–Kier alpha value is -0.590. The molecule has 0 saturated heterocycles. The highest BCUT2D eigenvalue weighted by atomic mass is 16.1. The summed E-state index contributed by atoms with van der Waals surface area (Å²) in [4.78, 5) is 11.5. The second-order valence-electron chi connectivity index (χ2n) is 6.44. The molecule has 0 aliphatic heterocycles. The lowest BCUT2D eigenvalue weighted by atomic mass is 9.69. The van der Waals surface area contributed by atoms with Gasteiger partial charge < -0.3 is 0 Å². The lowest BCUT2D eigenvalue weighted by Crippen LogP contribution is -2.26. The third kappa shape index (κ3) is 2.26. The molecule has 1 aliphatic rings. The van der Waals surface area contributed by atoms with Crippen LogP contribution < -0.4 is 0 Å². The first-order valence-corrected chi connectivity index (χ1v) is 5.37. The molecule has 1 heteroatoms. The number of ketones is 1. The number of allylic oxidation sites excluding steroid dienone is 2. The average molecular weight is 194 g/mol. The van der Waals surface area contributed by atoms with Gasteiger partial charge >= 0.3 is 0 Å². The van der Waals surface area contributed by atoms with E-state index in [-0.39, 0.29) is 10.8 Å². The highest BCUT2D eigenvalue weighted by molar-refractivity contribution is 5.93. The highest BCUT2D eigenvalue weighted by Crippen LogP contribution is 2.45. The Balaban J connectivity index is 3.03. The molecule has 1 nitrogen and oxygen atoms in total. The molecule has 0 spiro atoms. The van der Waals surface area contributed by atoms with Gasteiger partial charge in [-0.25, -0.2) is 0 Å². The van der Waals surface area contributed by atoms with Gasteiger partial charge in [-0.1, -0.05) is 47.1 Å². The van der Waals surface area contributed by atoms with Gasteiger partial charge in [-0.05, 0) is 22.8 Å². The summed E-state index contributed by atoms with van der Waals surface area (Å²) in [5, 5.41) is 0. The number of carbonyl (C=O) groups excluding carboxylic acids is 1. The zero-order chi connectivity index (χ0) is 11.1. The van der Waals surface area contributed by atoms with Crippen LogP contribution >= 0.6 is 0 Å². The van der Waals surface area contributed by atoms with E-state index in [1.165, 1.54) is 5.57 Å². The van der Waals surface area contributed by atoms with Gasteiger partial charge in [0.1, 0.15) is 0 Å². The lowest BCUT2D eigenvalue weighted by molar-refractivity contribution is -0.114. The fourth-order valence-corrected chi connectivity index (χ4v) is 2.16. The maximum atomic E-state index is 11.5. The summed E-state index contributed by atoms with van der Waals surface area (Å²) in [6, 6.07) is 0. The van der Waals surface area contributed by atoms with E-state index in [1.807, 2.05) is 6.08 Å². The van der Waals surface area contributed by atoms with Gasteiger partial charge in [0.2, 0.25) is 0 Å². The Labute approximate surface area is 87.6 Å². The van der Waals surface area contributed by atoms with Crippen molar-refractivity contribution in [3.63, 3.8) is 0 Å². The normalized spacial score (nSPS) is 24.0. The minimum Gasteiger partial charge on any atom is -0.295 e. The van der Waals surface area contributed by atoms with Crippen LogP contribution in [0.4, 0.5) is 0 Å². The molecule has 1 aliphatic carbocycles. The maximum absolute atomic E-state index is 11.5. The van der Waals surface area contributed by atoms with Crippen LogP contribution in [0.5, 0.6) is 0 Å². The summed E-state index contributed by atoms with van der Waals surface area (Å²) < 4.78 is 0. The first kappa shape index (κ1) is 11.5. The van der Waals surface area contributed by atoms with E-state index in [9.17, 15) is 4.79 Å². The molecule has 0 bridgehead atoms. The van der Waals surface area contributed by atoms with Crippen LogP contribution in [-0.2, 0) is 4.79 Å². The fourth-order valence-electron chi connectivity index (χ4n) is 2.16. The highest BCUT2D eigenvalue weighted by Gasteiger charge is 2.38. The second-order valence-corrected chi connectivity index (χ2v) is 6.44. The maximum Gasteiger partial charge on any atom is 0.156 e. The van der Waals surface area contributed by atoms with Crippen LogP contribution in [0.2, 0.25) is 0 Å². The number of carbonyl (C=O) groups is 1. The largest absolute Gasteiger partial charge is 0.295 e. The molecule has 0 aromatic rings. The van der Waals surface area contributed by atoms with E-state index in [0.29, 0.717) is 18.1 Å². The third-order valence-electron chi connectivity index (χ3n) is 3.01. The number of hydrogen-bond donors (Lipinski definition) is 0. The van der Waals surface area contributed by atoms with E-state index >= 15 is 0 Å². The predicted octanol–water partition coefficient (Wildman–Crippen LogP) is 3.59. The molecule has 14 heavy (non-hydrogen) atoms. The lowest BCUT2D eigenvalue weighted by Gasteiger charge is -2.35. The van der Waals surface area contributed by atoms with Crippen molar-refractivity contribution in [2.45, 2.75) is 48.0 Å². The zero-order valence-corrected chi connectivity index (χ0v) is 10.3. The van der Waals surface area contributed by atoms with Gasteiger partial charge in [0.05, 0.1) is 0 Å². The van der Waals surface area contributed by atoms with Crippen LogP contribution in [0.15, 0.2) is 11.6 Å². The van der Waals surface area contributed by atoms with Crippen molar-refractivity contribution >= 4 is 5.78 Å². The van der Waals surface area contributed by atoms with Gasteiger partial charge in [0.15, 0.2) is 5.78 Å². The van der Waals surface area contributed by atoms with Gasteiger partial charge in [-0.15, -0.1) is 0 Å². The summed E-state index contributed by atoms with van der Waals surface area (Å²) >= 11 is 0. The predicted molar refractivity (Wildman–Crippen MR) is 60.1 cm³/mol. The minimum atomic E-state index is 0.129. The van der Waals surface area contributed by atoms with E-state index < -0.39 is 0 Å². The number of rotatable bonds is 0. The van der Waals surface area contributed by atoms with Crippen molar-refractivity contribution in [3.05, 3.63) is 11.6 Å². The third-order valence-corrected chi connectivity index (χ3v) is 3.01. The molecule has 1 unspecified atom stereocenters. The Morgan fingerprint density at radius 1 is 1.14 bits per heavy atom. The van der Waals surface area contributed by atoms with Gasteiger partial charge in [0.25, 0.3) is 0 Å². The Morgan fingerprint density at radius 2 is 1.64 bits per heavy atom. The standard InChI is InChI=1S/C13H22O/c1-12(2,3)10-7-9(14)8-11(10)13(4,5)6/h7,11H,8H2,1-6H3. The zero-order valence-electron chi connectivity index (χ0n) is 10.3. The molecule has 1 atom stereocenters. The molecule has 0 amide bonds. The van der Waals surface area contributed by atoms with Gasteiger partial charge in [-0.3, -0.25) is 4.79 Å². The van der Waals surface area contributed by atoms with Crippen LogP contribution in [0.1, 0.15) is 48.0 Å². The Bertz CT molecular complexity index is 271. The molecular formula is C13H22O. The molecule has 1 rings (SSSR count). The molecule has 0 radical (unpaired) electrons. The first-order valence-electron chi connectivity index (χ1n) is 5.37. The Morgan fingerprint density at radius 3 is 1.93 bits per heavy atom.